The average molecular weight is 351 g/mol. The van der Waals surface area contributed by atoms with Crippen LogP contribution >= 0.6 is 15.9 Å². The molecule has 21 heavy (non-hydrogen) atoms. The van der Waals surface area contributed by atoms with E-state index in [1.54, 1.807) is 18.2 Å². The lowest BCUT2D eigenvalue weighted by Gasteiger charge is -2.09. The minimum Gasteiger partial charge on any atom is -0.496 e. The van der Waals surface area contributed by atoms with E-state index in [4.69, 9.17) is 9.84 Å². The van der Waals surface area contributed by atoms with Gasteiger partial charge >= 0.3 is 5.97 Å². The van der Waals surface area contributed by atoms with Crippen LogP contribution in [0.5, 0.6) is 5.75 Å². The van der Waals surface area contributed by atoms with Crippen LogP contribution in [-0.2, 0) is 0 Å². The van der Waals surface area contributed by atoms with Crippen LogP contribution in [0.4, 0.5) is 5.82 Å². The number of carboxylic acid groups (broad SMARTS) is 1. The van der Waals surface area contributed by atoms with Gasteiger partial charge in [0.1, 0.15) is 11.6 Å². The molecule has 1 aromatic heterocycles. The van der Waals surface area contributed by atoms with Crippen molar-refractivity contribution in [1.29, 1.82) is 0 Å². The molecular weight excluding hydrogens is 340 g/mol. The van der Waals surface area contributed by atoms with Crippen LogP contribution in [0.25, 0.3) is 0 Å². The zero-order valence-electron chi connectivity index (χ0n) is 11.0. The van der Waals surface area contributed by atoms with E-state index in [-0.39, 0.29) is 11.4 Å². The lowest BCUT2D eigenvalue weighted by Crippen LogP contribution is -2.14. The van der Waals surface area contributed by atoms with Gasteiger partial charge in [0, 0.05) is 10.7 Å². The molecule has 7 heteroatoms. The zero-order valence-corrected chi connectivity index (χ0v) is 12.5. The topological polar surface area (TPSA) is 88.5 Å². The molecule has 1 amide bonds. The van der Waals surface area contributed by atoms with Crippen LogP contribution in [0.2, 0.25) is 0 Å². The van der Waals surface area contributed by atoms with Gasteiger partial charge in [-0.15, -0.1) is 0 Å². The quantitative estimate of drug-likeness (QED) is 0.884. The Hall–Kier alpha value is -2.41. The van der Waals surface area contributed by atoms with E-state index in [0.717, 1.165) is 4.47 Å². The minimum atomic E-state index is -1.09. The van der Waals surface area contributed by atoms with Gasteiger partial charge in [-0.2, -0.15) is 0 Å². The minimum absolute atomic E-state index is 0.0445. The fraction of sp³-hybridized carbons (Fsp3) is 0.0714. The maximum atomic E-state index is 12.2. The van der Waals surface area contributed by atoms with Crippen LogP contribution in [0.1, 0.15) is 20.7 Å². The molecule has 0 spiro atoms. The van der Waals surface area contributed by atoms with Crippen molar-refractivity contribution in [1.82, 2.24) is 4.98 Å². The number of ether oxygens (including phenoxy) is 1. The second-order valence-electron chi connectivity index (χ2n) is 4.03. The number of pyridine rings is 1. The Balaban J connectivity index is 2.26. The van der Waals surface area contributed by atoms with E-state index in [2.05, 4.69) is 26.2 Å². The molecule has 0 atom stereocenters. The Kier molecular flexibility index (Phi) is 4.54. The highest BCUT2D eigenvalue weighted by molar-refractivity contribution is 9.10. The van der Waals surface area contributed by atoms with Gasteiger partial charge in [-0.05, 0) is 30.3 Å². The van der Waals surface area contributed by atoms with Gasteiger partial charge < -0.3 is 15.2 Å². The van der Waals surface area contributed by atoms with Crippen molar-refractivity contribution in [3.63, 3.8) is 0 Å². The van der Waals surface area contributed by atoms with E-state index < -0.39 is 11.9 Å². The number of rotatable bonds is 4. The van der Waals surface area contributed by atoms with Gasteiger partial charge in [0.15, 0.2) is 0 Å². The van der Waals surface area contributed by atoms with Crippen molar-refractivity contribution in [3.8, 4) is 5.75 Å². The van der Waals surface area contributed by atoms with E-state index in [1.807, 2.05) is 0 Å². The Morgan fingerprint density at radius 3 is 2.71 bits per heavy atom. The first-order chi connectivity index (χ1) is 10.0. The van der Waals surface area contributed by atoms with E-state index in [0.29, 0.717) is 11.3 Å². The molecule has 0 fully saturated rings. The molecular formula is C14H11BrN2O4. The highest BCUT2D eigenvalue weighted by Crippen LogP contribution is 2.24. The zero-order chi connectivity index (χ0) is 15.4. The lowest BCUT2D eigenvalue weighted by atomic mass is 10.2. The second-order valence-corrected chi connectivity index (χ2v) is 4.95. The van der Waals surface area contributed by atoms with Gasteiger partial charge in [0.05, 0.1) is 18.2 Å². The summed E-state index contributed by atoms with van der Waals surface area (Å²) >= 11 is 3.29. The van der Waals surface area contributed by atoms with Gasteiger partial charge in [-0.1, -0.05) is 15.9 Å². The third kappa shape index (κ3) is 3.57. The number of benzene rings is 1. The summed E-state index contributed by atoms with van der Waals surface area (Å²) in [5.41, 5.74) is 0.367. The molecule has 0 radical (unpaired) electrons. The van der Waals surface area contributed by atoms with Crippen molar-refractivity contribution in [2.75, 3.05) is 12.4 Å². The Labute approximate surface area is 128 Å². The summed E-state index contributed by atoms with van der Waals surface area (Å²) in [4.78, 5) is 27.0. The van der Waals surface area contributed by atoms with Crippen molar-refractivity contribution < 1.29 is 19.4 Å². The third-order valence-electron chi connectivity index (χ3n) is 2.66. The smallest absolute Gasteiger partial charge is 0.335 e. The molecule has 2 rings (SSSR count). The number of nitrogens with one attached hydrogen (secondary N) is 1. The van der Waals surface area contributed by atoms with E-state index >= 15 is 0 Å². The average Bonchev–Trinajstić information content (AvgIpc) is 2.47. The fourth-order valence-electron chi connectivity index (χ4n) is 1.67. The molecule has 2 aromatic rings. The van der Waals surface area contributed by atoms with Crippen LogP contribution in [-0.4, -0.2) is 29.1 Å². The predicted molar refractivity (Wildman–Crippen MR) is 79.8 cm³/mol. The first-order valence-electron chi connectivity index (χ1n) is 5.85. The molecule has 0 aliphatic rings. The van der Waals surface area contributed by atoms with Crippen LogP contribution < -0.4 is 10.1 Å². The molecule has 1 aromatic carbocycles. The first-order valence-corrected chi connectivity index (χ1v) is 6.65. The molecule has 1 heterocycles. The first kappa shape index (κ1) is 15.0. The number of amides is 1. The molecule has 2 N–H and O–H groups in total. The molecule has 6 nitrogen and oxygen atoms in total. The van der Waals surface area contributed by atoms with Crippen molar-refractivity contribution in [2.45, 2.75) is 0 Å². The summed E-state index contributed by atoms with van der Waals surface area (Å²) < 4.78 is 5.92. The molecule has 0 saturated carbocycles. The molecule has 0 aliphatic heterocycles. The summed E-state index contributed by atoms with van der Waals surface area (Å²) in [6.07, 6.45) is 1.32. The predicted octanol–water partition coefficient (Wildman–Crippen LogP) is 2.80. The van der Waals surface area contributed by atoms with Crippen LogP contribution in [0, 0.1) is 0 Å². The number of halogens is 1. The van der Waals surface area contributed by atoms with Crippen LogP contribution in [0.3, 0.4) is 0 Å². The Morgan fingerprint density at radius 1 is 1.29 bits per heavy atom. The number of nitrogens with zero attached hydrogens (tertiary/aromatic N) is 1. The number of carbonyl (C=O) groups excluding carboxylic acids is 1. The van der Waals surface area contributed by atoms with Crippen molar-refractivity contribution in [2.24, 2.45) is 0 Å². The monoisotopic (exact) mass is 350 g/mol. The summed E-state index contributed by atoms with van der Waals surface area (Å²) in [6, 6.07) is 7.59. The normalized spacial score (nSPS) is 10.0. The molecule has 0 saturated heterocycles. The van der Waals surface area contributed by atoms with Crippen LogP contribution in [0.15, 0.2) is 41.0 Å². The highest BCUT2D eigenvalue weighted by atomic mass is 79.9. The second kappa shape index (κ2) is 6.36. The largest absolute Gasteiger partial charge is 0.496 e. The number of methoxy groups -OCH3 is 1. The SMILES string of the molecule is COc1cc(Br)ccc1C(=O)Nc1cc(C(=O)O)ccn1. The number of carboxylic acids is 1. The number of carbonyl (C=O) groups is 2. The maximum absolute atomic E-state index is 12.2. The molecule has 0 aliphatic carbocycles. The van der Waals surface area contributed by atoms with E-state index in [9.17, 15) is 9.59 Å². The molecule has 108 valence electrons. The third-order valence-corrected chi connectivity index (χ3v) is 3.15. The number of aromatic nitrogens is 1. The summed E-state index contributed by atoms with van der Waals surface area (Å²) in [6.45, 7) is 0. The molecule has 0 bridgehead atoms. The lowest BCUT2D eigenvalue weighted by molar-refractivity contribution is 0.0696. The van der Waals surface area contributed by atoms with Gasteiger partial charge in [0.2, 0.25) is 0 Å². The van der Waals surface area contributed by atoms with Gasteiger partial charge in [0.25, 0.3) is 5.91 Å². The fourth-order valence-corrected chi connectivity index (χ4v) is 2.01. The maximum Gasteiger partial charge on any atom is 0.335 e. The standard InChI is InChI=1S/C14H11BrN2O4/c1-21-11-7-9(15)2-3-10(11)13(18)17-12-6-8(14(19)20)4-5-16-12/h2-7H,1H3,(H,19,20)(H,16,17,18). The summed E-state index contributed by atoms with van der Waals surface area (Å²) in [7, 11) is 1.46. The van der Waals surface area contributed by atoms with E-state index in [1.165, 1.54) is 25.4 Å². The number of aromatic carboxylic acids is 1. The van der Waals surface area contributed by atoms with Crippen molar-refractivity contribution >= 4 is 33.6 Å². The number of hydrogen-bond donors (Lipinski definition) is 2. The van der Waals surface area contributed by atoms with Gasteiger partial charge in [-0.25, -0.2) is 9.78 Å². The number of anilines is 1. The number of hydrogen-bond acceptors (Lipinski definition) is 4. The summed E-state index contributed by atoms with van der Waals surface area (Å²) in [5.74, 6) is -0.968. The Morgan fingerprint density at radius 2 is 2.05 bits per heavy atom. The molecule has 0 unspecified atom stereocenters. The Bertz CT molecular complexity index is 703. The highest BCUT2D eigenvalue weighted by Gasteiger charge is 2.14. The van der Waals surface area contributed by atoms with Gasteiger partial charge in [-0.3, -0.25) is 4.79 Å². The summed E-state index contributed by atoms with van der Waals surface area (Å²) in [5, 5.41) is 11.4. The van der Waals surface area contributed by atoms with Crippen molar-refractivity contribution in [3.05, 3.63) is 52.1 Å².